The molecule has 4 heteroatoms. The monoisotopic (exact) mass is 259 g/mol. The summed E-state index contributed by atoms with van der Waals surface area (Å²) < 4.78 is 0. The Labute approximate surface area is 112 Å². The van der Waals surface area contributed by atoms with Gasteiger partial charge in [0.1, 0.15) is 0 Å². The van der Waals surface area contributed by atoms with Gasteiger partial charge in [0.15, 0.2) is 0 Å². The van der Waals surface area contributed by atoms with Crippen LogP contribution in [-0.4, -0.2) is 17.0 Å². The third-order valence-electron chi connectivity index (χ3n) is 3.37. The average molecular weight is 259 g/mol. The second-order valence-electron chi connectivity index (χ2n) is 5.55. The van der Waals surface area contributed by atoms with Crippen molar-refractivity contribution >= 4 is 23.6 Å². The van der Waals surface area contributed by atoms with Gasteiger partial charge in [0.05, 0.1) is 0 Å². The third-order valence-corrected chi connectivity index (χ3v) is 3.37. The van der Waals surface area contributed by atoms with Gasteiger partial charge >= 0.3 is 5.97 Å². The fourth-order valence-corrected chi connectivity index (χ4v) is 2.32. The number of anilines is 1. The smallest absolute Gasteiger partial charge is 0.331 e. The van der Waals surface area contributed by atoms with E-state index in [1.54, 1.807) is 13.0 Å². The molecule has 0 saturated heterocycles. The highest BCUT2D eigenvalue weighted by Gasteiger charge is 2.31. The first kappa shape index (κ1) is 13.3. The van der Waals surface area contributed by atoms with E-state index in [-0.39, 0.29) is 16.9 Å². The summed E-state index contributed by atoms with van der Waals surface area (Å²) in [7, 11) is 0. The van der Waals surface area contributed by atoms with E-state index in [0.717, 1.165) is 16.8 Å². The zero-order valence-corrected chi connectivity index (χ0v) is 11.3. The Morgan fingerprint density at radius 1 is 1.42 bits per heavy atom. The van der Waals surface area contributed by atoms with Crippen LogP contribution >= 0.6 is 0 Å². The number of amides is 1. The van der Waals surface area contributed by atoms with Gasteiger partial charge in [-0.15, -0.1) is 0 Å². The van der Waals surface area contributed by atoms with E-state index < -0.39 is 5.97 Å². The van der Waals surface area contributed by atoms with Crippen LogP contribution in [0.1, 0.15) is 38.3 Å². The lowest BCUT2D eigenvalue weighted by molar-refractivity contribution is -0.132. The number of hydrogen-bond acceptors (Lipinski definition) is 2. The third kappa shape index (κ3) is 2.67. The summed E-state index contributed by atoms with van der Waals surface area (Å²) in [5.74, 6) is -0.909. The molecule has 2 rings (SSSR count). The second kappa shape index (κ2) is 4.53. The highest BCUT2D eigenvalue weighted by molar-refractivity contribution is 5.96. The van der Waals surface area contributed by atoms with Crippen molar-refractivity contribution in [3.8, 4) is 0 Å². The number of carboxylic acid groups (broad SMARTS) is 1. The second-order valence-corrected chi connectivity index (χ2v) is 5.55. The normalized spacial score (nSPS) is 17.6. The first-order chi connectivity index (χ1) is 8.79. The highest BCUT2D eigenvalue weighted by atomic mass is 16.4. The molecule has 1 amide bonds. The molecule has 1 heterocycles. The first-order valence-electron chi connectivity index (χ1n) is 6.15. The van der Waals surface area contributed by atoms with Crippen molar-refractivity contribution in [1.29, 1.82) is 0 Å². The van der Waals surface area contributed by atoms with Gasteiger partial charge in [-0.1, -0.05) is 19.9 Å². The molecule has 0 bridgehead atoms. The number of fused-ring (bicyclic) bond motifs is 1. The molecule has 1 aromatic carbocycles. The Morgan fingerprint density at radius 3 is 2.74 bits per heavy atom. The number of aliphatic carboxylic acids is 1. The standard InChI is InChI=1S/C15H17NO3/c1-9(14(18)19)6-10-4-5-12-11(7-10)15(2,3)8-13(17)16-12/h4-7H,8H2,1-3H3,(H,16,17)(H,18,19)/b9-6-. The number of carbonyl (C=O) groups is 2. The van der Waals surface area contributed by atoms with Crippen LogP contribution in [0.25, 0.3) is 6.08 Å². The summed E-state index contributed by atoms with van der Waals surface area (Å²) in [6.07, 6.45) is 2.07. The van der Waals surface area contributed by atoms with Crippen molar-refractivity contribution < 1.29 is 14.7 Å². The molecule has 19 heavy (non-hydrogen) atoms. The van der Waals surface area contributed by atoms with Gasteiger partial charge in [-0.2, -0.15) is 0 Å². The van der Waals surface area contributed by atoms with Crippen LogP contribution in [0.5, 0.6) is 0 Å². The van der Waals surface area contributed by atoms with Crippen molar-refractivity contribution in [3.05, 3.63) is 34.9 Å². The van der Waals surface area contributed by atoms with Gasteiger partial charge in [0, 0.05) is 23.1 Å². The molecule has 0 aromatic heterocycles. The van der Waals surface area contributed by atoms with Gasteiger partial charge in [0.25, 0.3) is 0 Å². The zero-order chi connectivity index (χ0) is 14.2. The molecule has 0 saturated carbocycles. The Bertz CT molecular complexity index is 585. The molecule has 1 aliphatic rings. The molecule has 2 N–H and O–H groups in total. The molecular weight excluding hydrogens is 242 g/mol. The number of nitrogens with one attached hydrogen (secondary N) is 1. The van der Waals surface area contributed by atoms with Crippen LogP contribution in [0, 0.1) is 0 Å². The zero-order valence-electron chi connectivity index (χ0n) is 11.3. The van der Waals surface area contributed by atoms with E-state index in [0.29, 0.717) is 6.42 Å². The fraction of sp³-hybridized carbons (Fsp3) is 0.333. The average Bonchev–Trinajstić information content (AvgIpc) is 2.28. The first-order valence-corrected chi connectivity index (χ1v) is 6.15. The van der Waals surface area contributed by atoms with Gasteiger partial charge in [-0.05, 0) is 36.3 Å². The summed E-state index contributed by atoms with van der Waals surface area (Å²) in [5, 5.41) is 11.7. The lowest BCUT2D eigenvalue weighted by atomic mass is 9.77. The molecule has 4 nitrogen and oxygen atoms in total. The topological polar surface area (TPSA) is 66.4 Å². The Balaban J connectivity index is 2.47. The maximum atomic E-state index is 11.6. The lowest BCUT2D eigenvalue weighted by Gasteiger charge is -2.32. The number of hydrogen-bond donors (Lipinski definition) is 2. The van der Waals surface area contributed by atoms with Crippen LogP contribution in [0.4, 0.5) is 5.69 Å². The van der Waals surface area contributed by atoms with Gasteiger partial charge in [-0.25, -0.2) is 4.79 Å². The summed E-state index contributed by atoms with van der Waals surface area (Å²) in [5.41, 5.74) is 2.74. The molecular formula is C15H17NO3. The van der Waals surface area contributed by atoms with E-state index in [4.69, 9.17) is 5.11 Å². The summed E-state index contributed by atoms with van der Waals surface area (Å²) in [4.78, 5) is 22.4. The number of rotatable bonds is 2. The predicted molar refractivity (Wildman–Crippen MR) is 74.0 cm³/mol. The largest absolute Gasteiger partial charge is 0.478 e. The molecule has 0 spiro atoms. The minimum atomic E-state index is -0.926. The van der Waals surface area contributed by atoms with Crippen molar-refractivity contribution in [2.45, 2.75) is 32.6 Å². The predicted octanol–water partition coefficient (Wildman–Crippen LogP) is 2.79. The molecule has 100 valence electrons. The van der Waals surface area contributed by atoms with E-state index in [2.05, 4.69) is 5.32 Å². The quantitative estimate of drug-likeness (QED) is 0.802. The molecule has 0 atom stereocenters. The minimum Gasteiger partial charge on any atom is -0.478 e. The Hall–Kier alpha value is -2.10. The van der Waals surface area contributed by atoms with Crippen LogP contribution < -0.4 is 5.32 Å². The van der Waals surface area contributed by atoms with Gasteiger partial charge in [-0.3, -0.25) is 4.79 Å². The minimum absolute atomic E-state index is 0.0162. The van der Waals surface area contributed by atoms with Crippen molar-refractivity contribution in [2.75, 3.05) is 5.32 Å². The van der Waals surface area contributed by atoms with Crippen molar-refractivity contribution in [3.63, 3.8) is 0 Å². The van der Waals surface area contributed by atoms with E-state index >= 15 is 0 Å². The van der Waals surface area contributed by atoms with Crippen molar-refractivity contribution in [2.24, 2.45) is 0 Å². The molecule has 1 aromatic rings. The molecule has 1 aliphatic heterocycles. The molecule has 0 radical (unpaired) electrons. The van der Waals surface area contributed by atoms with Crippen molar-refractivity contribution in [1.82, 2.24) is 0 Å². The SMILES string of the molecule is C/C(=C/c1ccc2c(c1)C(C)(C)CC(=O)N2)C(=O)O. The maximum absolute atomic E-state index is 11.6. The highest BCUT2D eigenvalue weighted by Crippen LogP contribution is 2.37. The van der Waals surface area contributed by atoms with Gasteiger partial charge < -0.3 is 10.4 Å². The van der Waals surface area contributed by atoms with E-state index in [1.807, 2.05) is 32.0 Å². The number of carbonyl (C=O) groups excluding carboxylic acids is 1. The maximum Gasteiger partial charge on any atom is 0.331 e. The molecule has 0 unspecified atom stereocenters. The fourth-order valence-electron chi connectivity index (χ4n) is 2.32. The Morgan fingerprint density at radius 2 is 2.11 bits per heavy atom. The van der Waals surface area contributed by atoms with E-state index in [1.165, 1.54) is 0 Å². The van der Waals surface area contributed by atoms with E-state index in [9.17, 15) is 9.59 Å². The van der Waals surface area contributed by atoms with Crippen LogP contribution in [-0.2, 0) is 15.0 Å². The van der Waals surface area contributed by atoms with Crippen LogP contribution in [0.2, 0.25) is 0 Å². The lowest BCUT2D eigenvalue weighted by Crippen LogP contribution is -2.32. The molecule has 0 fully saturated rings. The Kier molecular flexibility index (Phi) is 3.18. The van der Waals surface area contributed by atoms with Gasteiger partial charge in [0.2, 0.25) is 5.91 Å². The summed E-state index contributed by atoms with van der Waals surface area (Å²) >= 11 is 0. The molecule has 0 aliphatic carbocycles. The number of benzene rings is 1. The summed E-state index contributed by atoms with van der Waals surface area (Å²) in [6, 6.07) is 5.59. The van der Waals surface area contributed by atoms with Crippen LogP contribution in [0.15, 0.2) is 23.8 Å². The van der Waals surface area contributed by atoms with Crippen LogP contribution in [0.3, 0.4) is 0 Å². The summed E-state index contributed by atoms with van der Waals surface area (Å²) in [6.45, 7) is 5.60. The number of carboxylic acids is 1.